The Balaban J connectivity index is 1.64. The third-order valence-corrected chi connectivity index (χ3v) is 4.37. The first-order chi connectivity index (χ1) is 14.1. The molecule has 1 heterocycles. The smallest absolute Gasteiger partial charge is 0.229 e. The van der Waals surface area contributed by atoms with E-state index < -0.39 is 0 Å². The maximum absolute atomic E-state index is 5.35. The zero-order valence-corrected chi connectivity index (χ0v) is 17.2. The van der Waals surface area contributed by atoms with E-state index in [9.17, 15) is 0 Å². The molecule has 7 nitrogen and oxygen atoms in total. The van der Waals surface area contributed by atoms with Crippen molar-refractivity contribution in [2.45, 2.75) is 13.3 Å². The van der Waals surface area contributed by atoms with Gasteiger partial charge in [-0.25, -0.2) is 4.98 Å². The number of methoxy groups -OCH3 is 3. The largest absolute Gasteiger partial charge is 0.497 e. The third-order valence-electron chi connectivity index (χ3n) is 4.37. The lowest BCUT2D eigenvalue weighted by Crippen LogP contribution is -2.08. The number of aryl methyl sites for hydroxylation is 1. The molecule has 0 amide bonds. The van der Waals surface area contributed by atoms with E-state index in [1.54, 1.807) is 21.3 Å². The predicted octanol–water partition coefficient (Wildman–Crippen LogP) is 4.21. The maximum atomic E-state index is 5.35. The Morgan fingerprint density at radius 2 is 1.59 bits per heavy atom. The molecule has 0 radical (unpaired) electrons. The molecule has 0 aliphatic carbocycles. The van der Waals surface area contributed by atoms with Crippen molar-refractivity contribution in [3.8, 4) is 17.2 Å². The van der Waals surface area contributed by atoms with Gasteiger partial charge in [-0.1, -0.05) is 12.1 Å². The Labute approximate surface area is 171 Å². The van der Waals surface area contributed by atoms with Gasteiger partial charge in [-0.05, 0) is 43.2 Å². The Bertz CT molecular complexity index is 945. The van der Waals surface area contributed by atoms with Gasteiger partial charge in [0.15, 0.2) is 11.5 Å². The predicted molar refractivity (Wildman–Crippen MR) is 115 cm³/mol. The van der Waals surface area contributed by atoms with Crippen LogP contribution in [0.1, 0.15) is 11.3 Å². The Morgan fingerprint density at radius 3 is 2.28 bits per heavy atom. The fourth-order valence-corrected chi connectivity index (χ4v) is 2.89. The molecule has 0 aliphatic heterocycles. The van der Waals surface area contributed by atoms with Crippen molar-refractivity contribution in [1.29, 1.82) is 0 Å². The SMILES string of the molecule is COc1ccc(CCNc2cc(C)nc(Nc3ccc(OC)c(OC)c3)n2)cc1. The molecule has 3 rings (SSSR count). The highest BCUT2D eigenvalue weighted by Gasteiger charge is 2.07. The van der Waals surface area contributed by atoms with Gasteiger partial charge >= 0.3 is 0 Å². The van der Waals surface area contributed by atoms with Gasteiger partial charge in [0, 0.05) is 30.1 Å². The highest BCUT2D eigenvalue weighted by atomic mass is 16.5. The van der Waals surface area contributed by atoms with Crippen LogP contribution in [-0.4, -0.2) is 37.8 Å². The average Bonchev–Trinajstić information content (AvgIpc) is 2.73. The lowest BCUT2D eigenvalue weighted by Gasteiger charge is -2.12. The minimum Gasteiger partial charge on any atom is -0.497 e. The summed E-state index contributed by atoms with van der Waals surface area (Å²) in [7, 11) is 4.88. The van der Waals surface area contributed by atoms with Crippen molar-refractivity contribution in [3.05, 3.63) is 59.8 Å². The highest BCUT2D eigenvalue weighted by molar-refractivity contribution is 5.60. The fourth-order valence-electron chi connectivity index (χ4n) is 2.89. The van der Waals surface area contributed by atoms with E-state index in [1.165, 1.54) is 5.56 Å². The van der Waals surface area contributed by atoms with Crippen LogP contribution >= 0.6 is 0 Å². The van der Waals surface area contributed by atoms with Gasteiger partial charge in [0.05, 0.1) is 21.3 Å². The molecule has 0 atom stereocenters. The van der Waals surface area contributed by atoms with Gasteiger partial charge in [0.2, 0.25) is 5.95 Å². The summed E-state index contributed by atoms with van der Waals surface area (Å²) in [6.07, 6.45) is 0.880. The number of hydrogen-bond acceptors (Lipinski definition) is 7. The van der Waals surface area contributed by atoms with E-state index in [0.717, 1.165) is 35.9 Å². The van der Waals surface area contributed by atoms with Crippen molar-refractivity contribution < 1.29 is 14.2 Å². The van der Waals surface area contributed by atoms with Gasteiger partial charge in [-0.15, -0.1) is 0 Å². The van der Waals surface area contributed by atoms with E-state index in [4.69, 9.17) is 14.2 Å². The molecular weight excluding hydrogens is 368 g/mol. The number of nitrogens with one attached hydrogen (secondary N) is 2. The molecule has 152 valence electrons. The summed E-state index contributed by atoms with van der Waals surface area (Å²) in [5, 5.41) is 6.58. The summed E-state index contributed by atoms with van der Waals surface area (Å²) < 4.78 is 15.8. The van der Waals surface area contributed by atoms with E-state index in [-0.39, 0.29) is 0 Å². The van der Waals surface area contributed by atoms with E-state index in [0.29, 0.717) is 17.4 Å². The van der Waals surface area contributed by atoms with Crippen molar-refractivity contribution in [3.63, 3.8) is 0 Å². The number of rotatable bonds is 9. The second-order valence-electron chi connectivity index (χ2n) is 6.44. The average molecular weight is 394 g/mol. The van der Waals surface area contributed by atoms with Gasteiger partial charge < -0.3 is 24.8 Å². The number of aromatic nitrogens is 2. The molecule has 0 spiro atoms. The normalized spacial score (nSPS) is 10.3. The van der Waals surface area contributed by atoms with Crippen molar-refractivity contribution in [1.82, 2.24) is 9.97 Å². The van der Waals surface area contributed by atoms with Crippen LogP contribution in [0, 0.1) is 6.92 Å². The number of ether oxygens (including phenoxy) is 3. The van der Waals surface area contributed by atoms with Gasteiger partial charge in [0.25, 0.3) is 0 Å². The lowest BCUT2D eigenvalue weighted by molar-refractivity contribution is 0.355. The molecule has 0 saturated carbocycles. The Hall–Kier alpha value is -3.48. The molecule has 3 aromatic rings. The standard InChI is InChI=1S/C22H26N4O3/c1-15-13-21(23-12-11-16-5-8-18(27-2)9-6-16)26-22(24-15)25-17-7-10-19(28-3)20(14-17)29-4/h5-10,13-14H,11-12H2,1-4H3,(H2,23,24,25,26). The maximum Gasteiger partial charge on any atom is 0.229 e. The molecule has 0 unspecified atom stereocenters. The number of hydrogen-bond donors (Lipinski definition) is 2. The van der Waals surface area contributed by atoms with Gasteiger partial charge in [-0.3, -0.25) is 0 Å². The first-order valence-corrected chi connectivity index (χ1v) is 9.33. The Morgan fingerprint density at radius 1 is 0.828 bits per heavy atom. The minimum absolute atomic E-state index is 0.518. The number of benzene rings is 2. The van der Waals surface area contributed by atoms with E-state index in [1.807, 2.05) is 43.3 Å². The van der Waals surface area contributed by atoms with E-state index in [2.05, 4.69) is 32.7 Å². The summed E-state index contributed by atoms with van der Waals surface area (Å²) >= 11 is 0. The van der Waals surface area contributed by atoms with Crippen LogP contribution < -0.4 is 24.8 Å². The molecule has 29 heavy (non-hydrogen) atoms. The van der Waals surface area contributed by atoms with Crippen molar-refractivity contribution in [2.24, 2.45) is 0 Å². The zero-order valence-electron chi connectivity index (χ0n) is 17.2. The lowest BCUT2D eigenvalue weighted by atomic mass is 10.1. The van der Waals surface area contributed by atoms with Crippen LogP contribution in [-0.2, 0) is 6.42 Å². The number of nitrogens with zero attached hydrogens (tertiary/aromatic N) is 2. The molecule has 0 fully saturated rings. The van der Waals surface area contributed by atoms with Crippen LogP contribution in [0.3, 0.4) is 0 Å². The third kappa shape index (κ3) is 5.51. The topological polar surface area (TPSA) is 77.5 Å². The number of anilines is 3. The van der Waals surface area contributed by atoms with Crippen LogP contribution in [0.5, 0.6) is 17.2 Å². The highest BCUT2D eigenvalue weighted by Crippen LogP contribution is 2.30. The van der Waals surface area contributed by atoms with Crippen LogP contribution in [0.15, 0.2) is 48.5 Å². The first kappa shape index (κ1) is 20.3. The quantitative estimate of drug-likeness (QED) is 0.563. The van der Waals surface area contributed by atoms with Crippen molar-refractivity contribution in [2.75, 3.05) is 38.5 Å². The second-order valence-corrected chi connectivity index (χ2v) is 6.44. The molecule has 2 aromatic carbocycles. The first-order valence-electron chi connectivity index (χ1n) is 9.33. The molecule has 2 N–H and O–H groups in total. The summed E-state index contributed by atoms with van der Waals surface area (Å²) in [6, 6.07) is 15.6. The van der Waals surface area contributed by atoms with Crippen LogP contribution in [0.25, 0.3) is 0 Å². The summed E-state index contributed by atoms with van der Waals surface area (Å²) in [6.45, 7) is 2.70. The fraction of sp³-hybridized carbons (Fsp3) is 0.273. The zero-order chi connectivity index (χ0) is 20.6. The molecule has 0 saturated heterocycles. The molecule has 1 aromatic heterocycles. The summed E-state index contributed by atoms with van der Waals surface area (Å²) in [5.41, 5.74) is 2.92. The van der Waals surface area contributed by atoms with Crippen molar-refractivity contribution >= 4 is 17.5 Å². The summed E-state index contributed by atoms with van der Waals surface area (Å²) in [5.74, 6) is 3.46. The van der Waals surface area contributed by atoms with E-state index >= 15 is 0 Å². The van der Waals surface area contributed by atoms with Crippen LogP contribution in [0.2, 0.25) is 0 Å². The molecule has 7 heteroatoms. The Kier molecular flexibility index (Phi) is 6.73. The molecule has 0 bridgehead atoms. The molecule has 0 aliphatic rings. The van der Waals surface area contributed by atoms with Gasteiger partial charge in [0.1, 0.15) is 11.6 Å². The summed E-state index contributed by atoms with van der Waals surface area (Å²) in [4.78, 5) is 9.02. The minimum atomic E-state index is 0.518. The van der Waals surface area contributed by atoms with Crippen LogP contribution in [0.4, 0.5) is 17.5 Å². The van der Waals surface area contributed by atoms with Gasteiger partial charge in [-0.2, -0.15) is 4.98 Å². The molecular formula is C22H26N4O3. The second kappa shape index (κ2) is 9.64. The monoisotopic (exact) mass is 394 g/mol.